The molecule has 2 N–H and O–H groups in total. The number of carbonyl (C=O) groups excluding carboxylic acids is 1. The molecule has 134 valence electrons. The molecule has 1 heterocycles. The summed E-state index contributed by atoms with van der Waals surface area (Å²) in [6, 6.07) is 6.41. The van der Waals surface area contributed by atoms with E-state index >= 15 is 0 Å². The molecular weight excluding hydrogens is 330 g/mol. The second-order valence-electron chi connectivity index (χ2n) is 5.70. The zero-order valence-electron chi connectivity index (χ0n) is 14.2. The number of benzene rings is 1. The van der Waals surface area contributed by atoms with Crippen LogP contribution in [0.5, 0.6) is 0 Å². The molecular formula is C16H26N3O4S+. The van der Waals surface area contributed by atoms with Gasteiger partial charge in [0.1, 0.15) is 13.1 Å². The molecule has 0 saturated carbocycles. The first kappa shape index (κ1) is 18.9. The van der Waals surface area contributed by atoms with Crippen molar-refractivity contribution in [2.75, 3.05) is 51.3 Å². The molecule has 2 rings (SSSR count). The molecule has 0 bridgehead atoms. The Kier molecular flexibility index (Phi) is 6.73. The van der Waals surface area contributed by atoms with Crippen molar-refractivity contribution in [1.29, 1.82) is 0 Å². The molecule has 1 aromatic rings. The Bertz CT molecular complexity index is 653. The Balaban J connectivity index is 2.05. The maximum atomic E-state index is 12.5. The number of nitrogens with one attached hydrogen (secondary N) is 2. The van der Waals surface area contributed by atoms with Crippen LogP contribution in [-0.4, -0.2) is 64.6 Å². The standard InChI is InChI=1S/C16H25N3O4S/c1-3-19(4-2)24(21,22)15-7-5-6-14(12-15)17-16(20)13-18-8-10-23-11-9-18/h5-7,12H,3-4,8-11,13H2,1-2H3,(H,17,20)/p+1. The lowest BCUT2D eigenvalue weighted by molar-refractivity contribution is -0.899. The highest BCUT2D eigenvalue weighted by Crippen LogP contribution is 2.19. The molecule has 1 fully saturated rings. The number of morpholine rings is 1. The SMILES string of the molecule is CCN(CC)S(=O)(=O)c1cccc(NC(=O)C[NH+]2CCOCC2)c1. The first-order valence-corrected chi connectivity index (χ1v) is 9.72. The van der Waals surface area contributed by atoms with Crippen molar-refractivity contribution in [2.45, 2.75) is 18.7 Å². The molecule has 1 amide bonds. The maximum Gasteiger partial charge on any atom is 0.279 e. The van der Waals surface area contributed by atoms with E-state index in [1.54, 1.807) is 32.0 Å². The predicted octanol–water partition coefficient (Wildman–Crippen LogP) is -0.429. The maximum absolute atomic E-state index is 12.5. The van der Waals surface area contributed by atoms with Crippen LogP contribution in [0.3, 0.4) is 0 Å². The van der Waals surface area contributed by atoms with Gasteiger partial charge < -0.3 is 15.0 Å². The lowest BCUT2D eigenvalue weighted by atomic mass is 10.3. The Labute approximate surface area is 143 Å². The molecule has 0 spiro atoms. The van der Waals surface area contributed by atoms with Crippen molar-refractivity contribution in [3.63, 3.8) is 0 Å². The average molecular weight is 356 g/mol. The third-order valence-corrected chi connectivity index (χ3v) is 6.12. The third-order valence-electron chi connectivity index (χ3n) is 4.07. The molecule has 0 atom stereocenters. The quantitative estimate of drug-likeness (QED) is 0.695. The van der Waals surface area contributed by atoms with E-state index in [9.17, 15) is 13.2 Å². The number of hydrogen-bond donors (Lipinski definition) is 2. The average Bonchev–Trinajstić information content (AvgIpc) is 2.56. The summed E-state index contributed by atoms with van der Waals surface area (Å²) < 4.78 is 31.8. The van der Waals surface area contributed by atoms with E-state index in [0.717, 1.165) is 13.1 Å². The van der Waals surface area contributed by atoms with Crippen molar-refractivity contribution in [2.24, 2.45) is 0 Å². The summed E-state index contributed by atoms with van der Waals surface area (Å²) in [5.74, 6) is -0.121. The number of carbonyl (C=O) groups is 1. The molecule has 24 heavy (non-hydrogen) atoms. The molecule has 1 aliphatic rings. The fourth-order valence-corrected chi connectivity index (χ4v) is 4.22. The van der Waals surface area contributed by atoms with Crippen LogP contribution in [0.25, 0.3) is 0 Å². The number of quaternary nitrogens is 1. The van der Waals surface area contributed by atoms with Crippen molar-refractivity contribution < 1.29 is 22.8 Å². The van der Waals surface area contributed by atoms with Gasteiger partial charge in [0.05, 0.1) is 18.1 Å². The van der Waals surface area contributed by atoms with E-state index in [2.05, 4.69) is 5.32 Å². The number of anilines is 1. The molecule has 1 saturated heterocycles. The monoisotopic (exact) mass is 356 g/mol. The molecule has 0 aliphatic carbocycles. The van der Waals surface area contributed by atoms with Gasteiger partial charge in [-0.1, -0.05) is 19.9 Å². The molecule has 8 heteroatoms. The second kappa shape index (κ2) is 8.57. The Morgan fingerprint density at radius 2 is 1.92 bits per heavy atom. The van der Waals surface area contributed by atoms with Gasteiger partial charge in [-0.15, -0.1) is 0 Å². The first-order valence-electron chi connectivity index (χ1n) is 8.28. The summed E-state index contributed by atoms with van der Waals surface area (Å²) >= 11 is 0. The van der Waals surface area contributed by atoms with Crippen LogP contribution < -0.4 is 10.2 Å². The summed E-state index contributed by atoms with van der Waals surface area (Å²) in [6.07, 6.45) is 0. The zero-order valence-corrected chi connectivity index (χ0v) is 15.1. The van der Waals surface area contributed by atoms with Crippen molar-refractivity contribution in [3.05, 3.63) is 24.3 Å². The second-order valence-corrected chi connectivity index (χ2v) is 7.64. The summed E-state index contributed by atoms with van der Waals surface area (Å²) in [5, 5.41) is 2.79. The zero-order chi connectivity index (χ0) is 17.6. The van der Waals surface area contributed by atoms with Crippen molar-refractivity contribution >= 4 is 21.6 Å². The fourth-order valence-electron chi connectivity index (χ4n) is 2.72. The molecule has 0 unspecified atom stereocenters. The van der Waals surface area contributed by atoms with E-state index in [1.807, 2.05) is 0 Å². The molecule has 1 aliphatic heterocycles. The minimum Gasteiger partial charge on any atom is -0.370 e. The van der Waals surface area contributed by atoms with Crippen LogP contribution in [0.1, 0.15) is 13.8 Å². The predicted molar refractivity (Wildman–Crippen MR) is 91.6 cm³/mol. The minimum absolute atomic E-state index is 0.121. The van der Waals surface area contributed by atoms with Crippen LogP contribution in [0.2, 0.25) is 0 Å². The van der Waals surface area contributed by atoms with E-state index in [0.29, 0.717) is 38.5 Å². The number of sulfonamides is 1. The van der Waals surface area contributed by atoms with Crippen LogP contribution in [0.4, 0.5) is 5.69 Å². The number of nitrogens with zero attached hydrogens (tertiary/aromatic N) is 1. The Hall–Kier alpha value is -1.48. The van der Waals surface area contributed by atoms with Crippen LogP contribution >= 0.6 is 0 Å². The van der Waals surface area contributed by atoms with E-state index < -0.39 is 10.0 Å². The van der Waals surface area contributed by atoms with E-state index in [4.69, 9.17) is 4.74 Å². The van der Waals surface area contributed by atoms with E-state index in [-0.39, 0.29) is 10.8 Å². The fraction of sp³-hybridized carbons (Fsp3) is 0.562. The topological polar surface area (TPSA) is 80.2 Å². The highest BCUT2D eigenvalue weighted by atomic mass is 32.2. The van der Waals surface area contributed by atoms with Crippen LogP contribution in [0, 0.1) is 0 Å². The van der Waals surface area contributed by atoms with Gasteiger partial charge in [0.25, 0.3) is 5.91 Å². The summed E-state index contributed by atoms with van der Waals surface area (Å²) in [7, 11) is -3.53. The Morgan fingerprint density at radius 3 is 2.54 bits per heavy atom. The van der Waals surface area contributed by atoms with E-state index in [1.165, 1.54) is 15.3 Å². The normalized spacial score (nSPS) is 16.3. The first-order chi connectivity index (χ1) is 11.5. The van der Waals surface area contributed by atoms with Gasteiger partial charge in [-0.2, -0.15) is 4.31 Å². The molecule has 0 radical (unpaired) electrons. The summed E-state index contributed by atoms with van der Waals surface area (Å²) in [4.78, 5) is 13.5. The molecule has 0 aromatic heterocycles. The third kappa shape index (κ3) is 4.76. The lowest BCUT2D eigenvalue weighted by Crippen LogP contribution is -3.15. The van der Waals surface area contributed by atoms with Crippen LogP contribution in [0.15, 0.2) is 29.2 Å². The van der Waals surface area contributed by atoms with Gasteiger partial charge in [-0.3, -0.25) is 4.79 Å². The van der Waals surface area contributed by atoms with Crippen molar-refractivity contribution in [3.8, 4) is 0 Å². The smallest absolute Gasteiger partial charge is 0.279 e. The van der Waals surface area contributed by atoms with Gasteiger partial charge >= 0.3 is 0 Å². The highest BCUT2D eigenvalue weighted by molar-refractivity contribution is 7.89. The minimum atomic E-state index is -3.53. The van der Waals surface area contributed by atoms with Crippen molar-refractivity contribution in [1.82, 2.24) is 4.31 Å². The summed E-state index contributed by atoms with van der Waals surface area (Å²) in [5.41, 5.74) is 0.501. The number of rotatable bonds is 7. The van der Waals surface area contributed by atoms with Gasteiger partial charge in [0, 0.05) is 18.8 Å². The largest absolute Gasteiger partial charge is 0.370 e. The Morgan fingerprint density at radius 1 is 1.25 bits per heavy atom. The number of hydrogen-bond acceptors (Lipinski definition) is 4. The number of ether oxygens (including phenoxy) is 1. The van der Waals surface area contributed by atoms with Gasteiger partial charge in [-0.25, -0.2) is 8.42 Å². The van der Waals surface area contributed by atoms with Gasteiger partial charge in [0.15, 0.2) is 6.54 Å². The molecule has 7 nitrogen and oxygen atoms in total. The van der Waals surface area contributed by atoms with Gasteiger partial charge in [-0.05, 0) is 18.2 Å². The van der Waals surface area contributed by atoms with Crippen LogP contribution in [-0.2, 0) is 19.6 Å². The highest BCUT2D eigenvalue weighted by Gasteiger charge is 2.22. The number of amides is 1. The van der Waals surface area contributed by atoms with Gasteiger partial charge in [0.2, 0.25) is 10.0 Å². The molecule has 1 aromatic carbocycles. The lowest BCUT2D eigenvalue weighted by Gasteiger charge is -2.23. The summed E-state index contributed by atoms with van der Waals surface area (Å²) in [6.45, 7) is 7.74.